The number of aliphatic hydroxyl groups is 1. The number of hydrogen-bond acceptors (Lipinski definition) is 8. The van der Waals surface area contributed by atoms with Crippen LogP contribution in [0, 0.1) is 13.8 Å². The maximum atomic E-state index is 13.4. The van der Waals surface area contributed by atoms with Crippen molar-refractivity contribution in [1.29, 1.82) is 0 Å². The normalized spacial score (nSPS) is 11.5. The number of nitrogens with two attached hydrogens (primary N) is 1. The molecule has 0 aliphatic heterocycles. The van der Waals surface area contributed by atoms with Gasteiger partial charge in [0.1, 0.15) is 23.1 Å². The predicted molar refractivity (Wildman–Crippen MR) is 137 cm³/mol. The Balaban J connectivity index is 1.90. The van der Waals surface area contributed by atoms with Crippen molar-refractivity contribution in [2.24, 2.45) is 0 Å². The molecule has 2 aromatic carbocycles. The number of allylic oxidation sites excluding steroid dienone is 1. The molecule has 35 heavy (non-hydrogen) atoms. The van der Waals surface area contributed by atoms with E-state index in [2.05, 4.69) is 9.97 Å². The van der Waals surface area contributed by atoms with Crippen molar-refractivity contribution in [1.82, 2.24) is 14.9 Å². The number of nitrogen functional groups attached to an aromatic ring is 1. The Hall–Kier alpha value is -3.69. The number of nitrogens with zero attached hydrogens (tertiary/aromatic N) is 3. The molecule has 0 fully saturated rings. The number of amides is 1. The molecule has 3 rings (SSSR count). The first-order valence-corrected chi connectivity index (χ1v) is 11.8. The van der Waals surface area contributed by atoms with Crippen LogP contribution in [0.1, 0.15) is 40.7 Å². The summed E-state index contributed by atoms with van der Waals surface area (Å²) in [5.74, 6) is 1.87. The van der Waals surface area contributed by atoms with Crippen molar-refractivity contribution >= 4 is 29.1 Å². The summed E-state index contributed by atoms with van der Waals surface area (Å²) in [7, 11) is 0. The standard InChI is InChI=1S/C26H28N4O4S/c1-17-8-7-11-22(34-21-9-5-4-6-10-21)24(17)26(33)35-23(12-13-31)18(2)30(16-32)15-20-14-28-19(3)29-25(20)27/h4-11,14,16,31H,12-13,15H2,1-3H3,(H2,27,28,29)/b23-18-. The Bertz CT molecular complexity index is 1230. The van der Waals surface area contributed by atoms with Gasteiger partial charge in [0, 0.05) is 35.4 Å². The zero-order valence-corrected chi connectivity index (χ0v) is 20.7. The molecule has 0 saturated carbocycles. The third-order valence-electron chi connectivity index (χ3n) is 5.29. The number of para-hydroxylation sites is 1. The van der Waals surface area contributed by atoms with Crippen LogP contribution in [0.5, 0.6) is 11.5 Å². The first-order chi connectivity index (χ1) is 16.8. The minimum absolute atomic E-state index is 0.137. The van der Waals surface area contributed by atoms with E-state index in [9.17, 15) is 14.7 Å². The van der Waals surface area contributed by atoms with Crippen LogP contribution in [0.2, 0.25) is 0 Å². The van der Waals surface area contributed by atoms with E-state index in [4.69, 9.17) is 10.5 Å². The van der Waals surface area contributed by atoms with Gasteiger partial charge in [-0.1, -0.05) is 30.3 Å². The summed E-state index contributed by atoms with van der Waals surface area (Å²) in [6, 6.07) is 14.6. The van der Waals surface area contributed by atoms with E-state index in [1.165, 1.54) is 4.90 Å². The van der Waals surface area contributed by atoms with E-state index in [1.807, 2.05) is 49.4 Å². The fraction of sp³-hybridized carbons (Fsp3) is 0.231. The first-order valence-electron chi connectivity index (χ1n) is 11.0. The van der Waals surface area contributed by atoms with E-state index in [-0.39, 0.29) is 30.5 Å². The van der Waals surface area contributed by atoms with Crippen molar-refractivity contribution in [2.45, 2.75) is 33.7 Å². The summed E-state index contributed by atoms with van der Waals surface area (Å²) >= 11 is 0.968. The van der Waals surface area contributed by atoms with Gasteiger partial charge in [-0.25, -0.2) is 9.97 Å². The smallest absolute Gasteiger partial charge is 0.227 e. The fourth-order valence-electron chi connectivity index (χ4n) is 3.39. The molecule has 0 aliphatic rings. The predicted octanol–water partition coefficient (Wildman–Crippen LogP) is 4.61. The highest BCUT2D eigenvalue weighted by molar-refractivity contribution is 8.17. The number of hydrogen-bond donors (Lipinski definition) is 2. The number of carbonyl (C=O) groups excluding carboxylic acids is 2. The molecule has 0 spiro atoms. The number of carbonyl (C=O) groups is 2. The second-order valence-electron chi connectivity index (χ2n) is 7.80. The number of aryl methyl sites for hydroxylation is 2. The van der Waals surface area contributed by atoms with E-state index in [0.717, 1.165) is 17.3 Å². The van der Waals surface area contributed by atoms with E-state index in [1.54, 1.807) is 26.1 Å². The summed E-state index contributed by atoms with van der Waals surface area (Å²) in [6.45, 7) is 5.25. The Morgan fingerprint density at radius 3 is 2.57 bits per heavy atom. The molecule has 0 atom stereocenters. The molecule has 182 valence electrons. The molecular formula is C26H28N4O4S. The average Bonchev–Trinajstić information content (AvgIpc) is 2.83. The number of rotatable bonds is 10. The van der Waals surface area contributed by atoms with Gasteiger partial charge in [-0.3, -0.25) is 9.59 Å². The molecule has 0 aliphatic carbocycles. The molecule has 0 radical (unpaired) electrons. The van der Waals surface area contributed by atoms with Crippen LogP contribution in [0.15, 0.2) is 65.3 Å². The molecule has 0 unspecified atom stereocenters. The number of anilines is 1. The summed E-state index contributed by atoms with van der Waals surface area (Å²) in [5.41, 5.74) is 8.29. The van der Waals surface area contributed by atoms with Gasteiger partial charge >= 0.3 is 0 Å². The summed E-state index contributed by atoms with van der Waals surface area (Å²) < 4.78 is 5.99. The lowest BCUT2D eigenvalue weighted by molar-refractivity contribution is -0.116. The van der Waals surface area contributed by atoms with Gasteiger partial charge in [0.05, 0.1) is 12.1 Å². The van der Waals surface area contributed by atoms with E-state index in [0.29, 0.717) is 45.5 Å². The molecule has 1 amide bonds. The second-order valence-corrected chi connectivity index (χ2v) is 8.86. The third-order valence-corrected chi connectivity index (χ3v) is 6.42. The Kier molecular flexibility index (Phi) is 8.99. The monoisotopic (exact) mass is 492 g/mol. The Morgan fingerprint density at radius 2 is 1.91 bits per heavy atom. The van der Waals surface area contributed by atoms with Crippen LogP contribution in [0.4, 0.5) is 5.82 Å². The zero-order chi connectivity index (χ0) is 25.4. The minimum atomic E-state index is -0.249. The third kappa shape index (κ3) is 6.68. The SMILES string of the molecule is C/C(=C(\CCO)SC(=O)c1c(C)cccc1Oc1ccccc1)N(C=O)Cc1cnc(C)nc1N. The van der Waals surface area contributed by atoms with Crippen molar-refractivity contribution in [3.63, 3.8) is 0 Å². The number of ether oxygens (including phenoxy) is 1. The van der Waals surface area contributed by atoms with Gasteiger partial charge in [-0.15, -0.1) is 0 Å². The highest BCUT2D eigenvalue weighted by Gasteiger charge is 2.21. The minimum Gasteiger partial charge on any atom is -0.457 e. The summed E-state index contributed by atoms with van der Waals surface area (Å²) in [6.07, 6.45) is 2.44. The van der Waals surface area contributed by atoms with Crippen LogP contribution in [0.25, 0.3) is 0 Å². The molecule has 8 nitrogen and oxygen atoms in total. The number of aromatic nitrogens is 2. The van der Waals surface area contributed by atoms with Gasteiger partial charge in [-0.05, 0) is 56.3 Å². The van der Waals surface area contributed by atoms with Crippen LogP contribution >= 0.6 is 11.8 Å². The summed E-state index contributed by atoms with van der Waals surface area (Å²) in [4.78, 5) is 35.7. The highest BCUT2D eigenvalue weighted by Crippen LogP contribution is 2.35. The maximum absolute atomic E-state index is 13.4. The number of benzene rings is 2. The Morgan fingerprint density at radius 1 is 1.17 bits per heavy atom. The quantitative estimate of drug-likeness (QED) is 0.394. The second kappa shape index (κ2) is 12.1. The molecular weight excluding hydrogens is 464 g/mol. The topological polar surface area (TPSA) is 119 Å². The lowest BCUT2D eigenvalue weighted by atomic mass is 10.1. The van der Waals surface area contributed by atoms with Crippen LogP contribution in [-0.2, 0) is 11.3 Å². The van der Waals surface area contributed by atoms with Crippen LogP contribution in [-0.4, -0.2) is 38.1 Å². The molecule has 1 aromatic heterocycles. The molecule has 3 aromatic rings. The maximum Gasteiger partial charge on any atom is 0.227 e. The van der Waals surface area contributed by atoms with Crippen molar-refractivity contribution in [3.8, 4) is 11.5 Å². The largest absolute Gasteiger partial charge is 0.457 e. The van der Waals surface area contributed by atoms with Crippen molar-refractivity contribution in [3.05, 3.63) is 87.8 Å². The molecule has 3 N–H and O–H groups in total. The zero-order valence-electron chi connectivity index (χ0n) is 19.9. The van der Waals surface area contributed by atoms with E-state index >= 15 is 0 Å². The molecule has 9 heteroatoms. The van der Waals surface area contributed by atoms with Gasteiger partial charge in [0.2, 0.25) is 11.5 Å². The highest BCUT2D eigenvalue weighted by atomic mass is 32.2. The molecule has 1 heterocycles. The first kappa shape index (κ1) is 25.9. The van der Waals surface area contributed by atoms with Gasteiger partial charge in [0.25, 0.3) is 0 Å². The summed E-state index contributed by atoms with van der Waals surface area (Å²) in [5, 5.41) is 9.41. The average molecular weight is 493 g/mol. The van der Waals surface area contributed by atoms with Crippen molar-refractivity contribution in [2.75, 3.05) is 12.3 Å². The Labute approximate surface area is 208 Å². The molecule has 0 bridgehead atoms. The fourth-order valence-corrected chi connectivity index (χ4v) is 4.43. The number of thioether (sulfide) groups is 1. The lowest BCUT2D eigenvalue weighted by Crippen LogP contribution is -2.22. The van der Waals surface area contributed by atoms with Gasteiger partial charge in [0.15, 0.2) is 0 Å². The van der Waals surface area contributed by atoms with Gasteiger partial charge in [-0.2, -0.15) is 0 Å². The van der Waals surface area contributed by atoms with Crippen molar-refractivity contribution < 1.29 is 19.4 Å². The van der Waals surface area contributed by atoms with Crippen LogP contribution in [0.3, 0.4) is 0 Å². The van der Waals surface area contributed by atoms with Gasteiger partial charge < -0.3 is 20.5 Å². The van der Waals surface area contributed by atoms with Crippen LogP contribution < -0.4 is 10.5 Å². The number of aliphatic hydroxyl groups excluding tert-OH is 1. The van der Waals surface area contributed by atoms with E-state index < -0.39 is 0 Å². The lowest BCUT2D eigenvalue weighted by Gasteiger charge is -2.22. The molecule has 0 saturated heterocycles.